The topological polar surface area (TPSA) is 100 Å². The van der Waals surface area contributed by atoms with Gasteiger partial charge in [-0.3, -0.25) is 4.79 Å². The lowest BCUT2D eigenvalue weighted by Gasteiger charge is -2.22. The minimum atomic E-state index is -0.655. The van der Waals surface area contributed by atoms with Crippen LogP contribution in [-0.4, -0.2) is 48.0 Å². The van der Waals surface area contributed by atoms with Crippen LogP contribution in [0.1, 0.15) is 58.1 Å². The van der Waals surface area contributed by atoms with Crippen LogP contribution in [0.3, 0.4) is 0 Å². The molecule has 36 heavy (non-hydrogen) atoms. The number of ether oxygens (including phenoxy) is 1. The molecule has 3 atom stereocenters. The van der Waals surface area contributed by atoms with Crippen LogP contribution in [0.4, 0.5) is 0 Å². The van der Waals surface area contributed by atoms with Gasteiger partial charge in [-0.05, 0) is 37.4 Å². The van der Waals surface area contributed by atoms with Gasteiger partial charge < -0.3 is 20.6 Å². The van der Waals surface area contributed by atoms with E-state index < -0.39 is 12.0 Å². The summed E-state index contributed by atoms with van der Waals surface area (Å²) in [5.74, 6) is -0.704. The fourth-order valence-corrected chi connectivity index (χ4v) is 4.04. The highest BCUT2D eigenvalue weighted by atomic mass is 16.5. The van der Waals surface area contributed by atoms with Crippen LogP contribution in [0.2, 0.25) is 0 Å². The Morgan fingerprint density at radius 1 is 1.11 bits per heavy atom. The first-order chi connectivity index (χ1) is 17.4. The lowest BCUT2D eigenvalue weighted by atomic mass is 10.0. The zero-order chi connectivity index (χ0) is 26.5. The van der Waals surface area contributed by atoms with Gasteiger partial charge in [0, 0.05) is 17.0 Å². The number of carbonyl (C=O) groups is 2. The number of nitrogens with one attached hydrogen (secondary N) is 2. The van der Waals surface area contributed by atoms with E-state index in [0.29, 0.717) is 12.3 Å². The average molecular weight is 494 g/mol. The molecule has 1 aliphatic heterocycles. The third-order valence-electron chi connectivity index (χ3n) is 5.87. The van der Waals surface area contributed by atoms with Gasteiger partial charge in [0.05, 0.1) is 12.6 Å². The molecule has 1 aliphatic carbocycles. The van der Waals surface area contributed by atoms with Crippen molar-refractivity contribution in [2.75, 3.05) is 13.2 Å². The molecule has 1 fully saturated rings. The third-order valence-corrected chi connectivity index (χ3v) is 5.87. The molecule has 2 aliphatic rings. The standard InChI is InChI=1S/C13H22N2O3.C13H9NO.C3H8/c1-4-9(3)11(13(17)18-5-2)15-12(16)10-7-6-8-14-10;15-14-13-11-7-3-1-5-9(11)10-6-2-4-8-12(10)13;1-3-2/h4,9-11,14H,1,5-8H2,2-3H3,(H,15,16);1-8,15H;3H2,1-2H3. The second-order valence-corrected chi connectivity index (χ2v) is 8.73. The number of oxime groups is 1. The highest BCUT2D eigenvalue weighted by Gasteiger charge is 2.30. The molecule has 0 saturated carbocycles. The molecular formula is C29H39N3O4. The first kappa shape index (κ1) is 28.8. The Morgan fingerprint density at radius 3 is 2.06 bits per heavy atom. The van der Waals surface area contributed by atoms with Crippen LogP contribution >= 0.6 is 0 Å². The summed E-state index contributed by atoms with van der Waals surface area (Å²) in [6.45, 7) is 12.6. The van der Waals surface area contributed by atoms with Crippen molar-refractivity contribution >= 4 is 17.6 Å². The summed E-state index contributed by atoms with van der Waals surface area (Å²) in [5, 5.41) is 18.3. The maximum atomic E-state index is 12.0. The largest absolute Gasteiger partial charge is 0.464 e. The van der Waals surface area contributed by atoms with E-state index in [0.717, 1.165) is 41.6 Å². The van der Waals surface area contributed by atoms with E-state index in [1.807, 2.05) is 55.5 Å². The van der Waals surface area contributed by atoms with E-state index in [2.05, 4.69) is 36.2 Å². The lowest BCUT2D eigenvalue weighted by Crippen LogP contribution is -2.51. The predicted molar refractivity (Wildman–Crippen MR) is 144 cm³/mol. The van der Waals surface area contributed by atoms with Crippen molar-refractivity contribution in [3.8, 4) is 11.1 Å². The third kappa shape index (κ3) is 7.28. The van der Waals surface area contributed by atoms with Crippen molar-refractivity contribution in [3.63, 3.8) is 0 Å². The first-order valence-corrected chi connectivity index (χ1v) is 12.7. The number of amides is 1. The lowest BCUT2D eigenvalue weighted by molar-refractivity contribution is -0.148. The molecule has 3 unspecified atom stereocenters. The fourth-order valence-electron chi connectivity index (χ4n) is 4.04. The van der Waals surface area contributed by atoms with Gasteiger partial charge in [-0.1, -0.05) is 87.0 Å². The van der Waals surface area contributed by atoms with Crippen molar-refractivity contribution in [3.05, 3.63) is 72.3 Å². The van der Waals surface area contributed by atoms with Gasteiger partial charge in [-0.25, -0.2) is 4.79 Å². The molecule has 0 spiro atoms. The van der Waals surface area contributed by atoms with E-state index in [-0.39, 0.29) is 17.9 Å². The molecule has 1 amide bonds. The Balaban J connectivity index is 0.000000231. The first-order valence-electron chi connectivity index (χ1n) is 12.7. The number of benzene rings is 2. The summed E-state index contributed by atoms with van der Waals surface area (Å²) in [6.07, 6.45) is 4.69. The molecule has 194 valence electrons. The molecule has 1 heterocycles. The minimum Gasteiger partial charge on any atom is -0.464 e. The maximum absolute atomic E-state index is 12.0. The second kappa shape index (κ2) is 14.8. The van der Waals surface area contributed by atoms with Gasteiger partial charge in [0.25, 0.3) is 0 Å². The number of esters is 1. The number of rotatable bonds is 6. The molecule has 7 heteroatoms. The predicted octanol–water partition coefficient (Wildman–Crippen LogP) is 4.92. The van der Waals surface area contributed by atoms with Crippen LogP contribution in [0, 0.1) is 5.92 Å². The normalized spacial score (nSPS) is 16.6. The van der Waals surface area contributed by atoms with Gasteiger partial charge in [-0.15, -0.1) is 6.58 Å². The summed E-state index contributed by atoms with van der Waals surface area (Å²) >= 11 is 0. The van der Waals surface area contributed by atoms with Crippen molar-refractivity contribution in [1.29, 1.82) is 0 Å². The van der Waals surface area contributed by atoms with Gasteiger partial charge in [0.2, 0.25) is 5.91 Å². The molecule has 0 radical (unpaired) electrons. The van der Waals surface area contributed by atoms with E-state index in [1.54, 1.807) is 13.0 Å². The molecule has 2 aromatic rings. The van der Waals surface area contributed by atoms with Gasteiger partial charge >= 0.3 is 5.97 Å². The smallest absolute Gasteiger partial charge is 0.329 e. The summed E-state index contributed by atoms with van der Waals surface area (Å²) in [4.78, 5) is 23.8. The monoisotopic (exact) mass is 493 g/mol. The Bertz CT molecular complexity index is 997. The SMILES string of the molecule is C=CC(C)C(NC(=O)C1CCCN1)C(=O)OCC.CCC.ON=C1c2ccccc2-c2ccccc21. The maximum Gasteiger partial charge on any atom is 0.329 e. The van der Waals surface area contributed by atoms with Crippen LogP contribution < -0.4 is 10.6 Å². The second-order valence-electron chi connectivity index (χ2n) is 8.73. The van der Waals surface area contributed by atoms with Gasteiger partial charge in [0.15, 0.2) is 0 Å². The molecular weight excluding hydrogens is 454 g/mol. The zero-order valence-electron chi connectivity index (χ0n) is 21.8. The van der Waals surface area contributed by atoms with Gasteiger partial charge in [-0.2, -0.15) is 0 Å². The molecule has 7 nitrogen and oxygen atoms in total. The summed E-state index contributed by atoms with van der Waals surface area (Å²) in [7, 11) is 0. The molecule has 0 aromatic heterocycles. The molecule has 1 saturated heterocycles. The van der Waals surface area contributed by atoms with E-state index in [1.165, 1.54) is 6.42 Å². The van der Waals surface area contributed by atoms with Crippen LogP contribution in [0.15, 0.2) is 66.3 Å². The molecule has 4 rings (SSSR count). The number of nitrogens with zero attached hydrogens (tertiary/aromatic N) is 1. The fraction of sp³-hybridized carbons (Fsp3) is 0.414. The van der Waals surface area contributed by atoms with E-state index >= 15 is 0 Å². The van der Waals surface area contributed by atoms with E-state index in [4.69, 9.17) is 9.94 Å². The van der Waals surface area contributed by atoms with Crippen LogP contribution in [0.25, 0.3) is 11.1 Å². The Kier molecular flexibility index (Phi) is 11.9. The zero-order valence-corrected chi connectivity index (χ0v) is 21.8. The minimum absolute atomic E-state index is 0.140. The van der Waals surface area contributed by atoms with Crippen molar-refractivity contribution in [2.24, 2.45) is 11.1 Å². The van der Waals surface area contributed by atoms with E-state index in [9.17, 15) is 9.59 Å². The Labute approximate surface area is 214 Å². The quantitative estimate of drug-likeness (QED) is 0.196. The highest BCUT2D eigenvalue weighted by Crippen LogP contribution is 2.36. The van der Waals surface area contributed by atoms with Crippen molar-refractivity contribution in [1.82, 2.24) is 10.6 Å². The summed E-state index contributed by atoms with van der Waals surface area (Å²) < 4.78 is 4.97. The van der Waals surface area contributed by atoms with Crippen molar-refractivity contribution < 1.29 is 19.5 Å². The summed E-state index contributed by atoms with van der Waals surface area (Å²) in [5.41, 5.74) is 4.95. The van der Waals surface area contributed by atoms with Crippen LogP contribution in [-0.2, 0) is 14.3 Å². The number of hydrogen-bond donors (Lipinski definition) is 3. The molecule has 3 N–H and O–H groups in total. The summed E-state index contributed by atoms with van der Waals surface area (Å²) in [6, 6.07) is 15.1. The average Bonchev–Trinajstić information content (AvgIpc) is 3.54. The van der Waals surface area contributed by atoms with Gasteiger partial charge in [0.1, 0.15) is 11.8 Å². The van der Waals surface area contributed by atoms with Crippen LogP contribution in [0.5, 0.6) is 0 Å². The number of fused-ring (bicyclic) bond motifs is 3. The number of carbonyl (C=O) groups excluding carboxylic acids is 2. The molecule has 2 aromatic carbocycles. The molecule has 0 bridgehead atoms. The number of hydrogen-bond acceptors (Lipinski definition) is 6. The van der Waals surface area contributed by atoms with Crippen molar-refractivity contribution in [2.45, 2.75) is 59.0 Å². The Hall–Kier alpha value is -3.45. The highest BCUT2D eigenvalue weighted by molar-refractivity contribution is 6.24. The Morgan fingerprint density at radius 2 is 1.64 bits per heavy atom.